The molecule has 24 heavy (non-hydrogen) atoms. The molecule has 1 aliphatic heterocycles. The van der Waals surface area contributed by atoms with Crippen LogP contribution in [0.2, 0.25) is 5.02 Å². The van der Waals surface area contributed by atoms with Gasteiger partial charge in [-0.1, -0.05) is 23.2 Å². The Kier molecular flexibility index (Phi) is 4.50. The fourth-order valence-corrected chi connectivity index (χ4v) is 4.38. The highest BCUT2D eigenvalue weighted by Gasteiger charge is 2.24. The predicted molar refractivity (Wildman–Crippen MR) is 104 cm³/mol. The molecular formula is C20H20BrClN2. The van der Waals surface area contributed by atoms with Crippen LogP contribution in [0, 0.1) is 0 Å². The van der Waals surface area contributed by atoms with Crippen molar-refractivity contribution < 1.29 is 0 Å². The van der Waals surface area contributed by atoms with Crippen molar-refractivity contribution in [1.29, 1.82) is 0 Å². The van der Waals surface area contributed by atoms with Crippen LogP contribution in [0.5, 0.6) is 0 Å². The molecule has 1 aromatic heterocycles. The second-order valence-electron chi connectivity index (χ2n) is 6.74. The van der Waals surface area contributed by atoms with Crippen LogP contribution < -0.4 is 0 Å². The third-order valence-electron chi connectivity index (χ3n) is 5.11. The smallest absolute Gasteiger partial charge is 0.0740 e. The zero-order valence-electron chi connectivity index (χ0n) is 13.8. The first-order valence-corrected chi connectivity index (χ1v) is 9.63. The van der Waals surface area contributed by atoms with Gasteiger partial charge in [0.1, 0.15) is 0 Å². The number of benzene rings is 1. The first-order chi connectivity index (χ1) is 11.6. The van der Waals surface area contributed by atoms with Crippen LogP contribution >= 0.6 is 27.5 Å². The number of nitrogens with zero attached hydrogens (tertiary/aromatic N) is 2. The monoisotopic (exact) mass is 402 g/mol. The van der Waals surface area contributed by atoms with Gasteiger partial charge >= 0.3 is 0 Å². The number of pyridine rings is 1. The molecule has 4 heteroatoms. The number of aryl methyl sites for hydroxylation is 2. The summed E-state index contributed by atoms with van der Waals surface area (Å²) in [5.41, 5.74) is 8.06. The molecule has 124 valence electrons. The zero-order valence-corrected chi connectivity index (χ0v) is 16.1. The van der Waals surface area contributed by atoms with E-state index in [1.807, 2.05) is 12.3 Å². The van der Waals surface area contributed by atoms with Crippen LogP contribution in [-0.2, 0) is 12.8 Å². The van der Waals surface area contributed by atoms with Crippen molar-refractivity contribution in [2.24, 2.45) is 0 Å². The lowest BCUT2D eigenvalue weighted by Gasteiger charge is -2.27. The largest absolute Gasteiger partial charge is 0.306 e. The summed E-state index contributed by atoms with van der Waals surface area (Å²) in [4.78, 5) is 7.23. The molecule has 0 radical (unpaired) electrons. The van der Waals surface area contributed by atoms with Gasteiger partial charge in [0.2, 0.25) is 0 Å². The summed E-state index contributed by atoms with van der Waals surface area (Å²) in [5.74, 6) is 0. The number of hydrogen-bond acceptors (Lipinski definition) is 2. The number of rotatable bonds is 0. The van der Waals surface area contributed by atoms with E-state index >= 15 is 0 Å². The Morgan fingerprint density at radius 1 is 1.04 bits per heavy atom. The van der Waals surface area contributed by atoms with Gasteiger partial charge < -0.3 is 4.90 Å². The summed E-state index contributed by atoms with van der Waals surface area (Å²) >= 11 is 9.85. The van der Waals surface area contributed by atoms with Gasteiger partial charge in [0, 0.05) is 34.4 Å². The zero-order chi connectivity index (χ0) is 16.7. The van der Waals surface area contributed by atoms with Crippen LogP contribution in [0.25, 0.3) is 5.57 Å². The van der Waals surface area contributed by atoms with E-state index in [9.17, 15) is 0 Å². The van der Waals surface area contributed by atoms with Crippen molar-refractivity contribution >= 4 is 33.1 Å². The molecule has 0 unspecified atom stereocenters. The molecule has 0 spiro atoms. The molecule has 2 heterocycles. The highest BCUT2D eigenvalue weighted by molar-refractivity contribution is 9.10. The molecule has 1 saturated heterocycles. The first kappa shape index (κ1) is 16.3. The fraction of sp³-hybridized carbons (Fsp3) is 0.350. The average Bonchev–Trinajstić information content (AvgIpc) is 2.72. The Morgan fingerprint density at radius 2 is 1.79 bits per heavy atom. The molecule has 0 N–H and O–H groups in total. The van der Waals surface area contributed by atoms with E-state index in [1.54, 1.807) is 0 Å². The number of halogens is 2. The van der Waals surface area contributed by atoms with E-state index in [-0.39, 0.29) is 0 Å². The molecule has 2 nitrogen and oxygen atoms in total. The van der Waals surface area contributed by atoms with Gasteiger partial charge in [-0.15, -0.1) is 0 Å². The number of aromatic nitrogens is 1. The predicted octanol–water partition coefficient (Wildman–Crippen LogP) is 5.12. The number of likely N-dealkylation sites (tertiary alicyclic amines) is 1. The highest BCUT2D eigenvalue weighted by Crippen LogP contribution is 2.38. The SMILES string of the molecule is CN1CCC(=C2c3ccc(Cl)cc3CCc3cc(Br)cnc32)CC1. The number of piperidine rings is 1. The van der Waals surface area contributed by atoms with Crippen molar-refractivity contribution in [1.82, 2.24) is 9.88 Å². The summed E-state index contributed by atoms with van der Waals surface area (Å²) < 4.78 is 1.05. The minimum absolute atomic E-state index is 0.821. The van der Waals surface area contributed by atoms with Crippen LogP contribution in [-0.4, -0.2) is 30.0 Å². The molecular weight excluding hydrogens is 384 g/mol. The van der Waals surface area contributed by atoms with Crippen LogP contribution in [0.4, 0.5) is 0 Å². The lowest BCUT2D eigenvalue weighted by atomic mass is 9.89. The normalized spacial score (nSPS) is 18.1. The van der Waals surface area contributed by atoms with Crippen molar-refractivity contribution in [3.05, 3.63) is 67.9 Å². The lowest BCUT2D eigenvalue weighted by Crippen LogP contribution is -2.27. The van der Waals surface area contributed by atoms with Crippen LogP contribution in [0.1, 0.15) is 35.2 Å². The van der Waals surface area contributed by atoms with Gasteiger partial charge in [0.15, 0.2) is 0 Å². The van der Waals surface area contributed by atoms with Crippen molar-refractivity contribution in [3.63, 3.8) is 0 Å². The molecule has 2 aromatic rings. The van der Waals surface area contributed by atoms with Gasteiger partial charge in [-0.05, 0) is 83.6 Å². The fourth-order valence-electron chi connectivity index (χ4n) is 3.80. The molecule has 0 saturated carbocycles. The van der Waals surface area contributed by atoms with Crippen molar-refractivity contribution in [3.8, 4) is 0 Å². The van der Waals surface area contributed by atoms with E-state index in [1.165, 1.54) is 33.5 Å². The summed E-state index contributed by atoms with van der Waals surface area (Å²) in [6.45, 7) is 2.24. The van der Waals surface area contributed by atoms with Crippen molar-refractivity contribution in [2.45, 2.75) is 25.7 Å². The van der Waals surface area contributed by atoms with E-state index in [2.05, 4.69) is 46.1 Å². The molecule has 4 rings (SSSR count). The van der Waals surface area contributed by atoms with Gasteiger partial charge in [-0.2, -0.15) is 0 Å². The van der Waals surface area contributed by atoms with Gasteiger partial charge in [-0.3, -0.25) is 4.98 Å². The Bertz CT molecular complexity index is 763. The highest BCUT2D eigenvalue weighted by atomic mass is 79.9. The maximum atomic E-state index is 6.27. The summed E-state index contributed by atoms with van der Waals surface area (Å²) in [7, 11) is 2.20. The van der Waals surface area contributed by atoms with Crippen molar-refractivity contribution in [2.75, 3.05) is 20.1 Å². The molecule has 0 bridgehead atoms. The molecule has 0 atom stereocenters. The topological polar surface area (TPSA) is 16.1 Å². The molecule has 1 fully saturated rings. The Morgan fingerprint density at radius 3 is 2.58 bits per heavy atom. The Balaban J connectivity index is 1.94. The Labute approximate surface area is 156 Å². The first-order valence-electron chi connectivity index (χ1n) is 8.46. The average molecular weight is 404 g/mol. The second kappa shape index (κ2) is 6.62. The molecule has 2 aliphatic rings. The number of fused-ring (bicyclic) bond motifs is 2. The molecule has 0 amide bonds. The van der Waals surface area contributed by atoms with E-state index in [4.69, 9.17) is 16.6 Å². The summed E-state index contributed by atoms with van der Waals surface area (Å²) in [5, 5.41) is 0.821. The minimum atomic E-state index is 0.821. The molecule has 1 aliphatic carbocycles. The minimum Gasteiger partial charge on any atom is -0.306 e. The van der Waals surface area contributed by atoms with Crippen LogP contribution in [0.15, 0.2) is 40.5 Å². The van der Waals surface area contributed by atoms with Gasteiger partial charge in [0.25, 0.3) is 0 Å². The summed E-state index contributed by atoms with van der Waals surface area (Å²) in [6, 6.07) is 8.57. The lowest BCUT2D eigenvalue weighted by molar-refractivity contribution is 0.313. The standard InChI is InChI=1S/C20H20BrClN2/c1-24-8-6-13(7-9-24)19-18-5-4-17(22)11-14(18)2-3-15-10-16(21)12-23-20(15)19/h4-5,10-12H,2-3,6-9H2,1H3. The van der Waals surface area contributed by atoms with E-state index < -0.39 is 0 Å². The van der Waals surface area contributed by atoms with Gasteiger partial charge in [-0.25, -0.2) is 0 Å². The van der Waals surface area contributed by atoms with Gasteiger partial charge in [0.05, 0.1) is 5.69 Å². The number of hydrogen-bond donors (Lipinski definition) is 0. The third kappa shape index (κ3) is 3.05. The van der Waals surface area contributed by atoms with E-state index in [0.717, 1.165) is 48.3 Å². The van der Waals surface area contributed by atoms with Crippen LogP contribution in [0.3, 0.4) is 0 Å². The maximum Gasteiger partial charge on any atom is 0.0740 e. The Hall–Kier alpha value is -1.16. The quantitative estimate of drug-likeness (QED) is 0.606. The maximum absolute atomic E-state index is 6.27. The second-order valence-corrected chi connectivity index (χ2v) is 8.10. The summed E-state index contributed by atoms with van der Waals surface area (Å²) in [6.07, 6.45) is 6.18. The van der Waals surface area contributed by atoms with E-state index in [0.29, 0.717) is 0 Å². The molecule has 1 aromatic carbocycles. The third-order valence-corrected chi connectivity index (χ3v) is 5.78.